The maximum Gasteiger partial charge on any atom is 0.284 e. The number of rotatable bonds is 3. The van der Waals surface area contributed by atoms with Crippen molar-refractivity contribution in [2.45, 2.75) is 6.54 Å². The highest BCUT2D eigenvalue weighted by atomic mass is 16.3. The fourth-order valence-corrected chi connectivity index (χ4v) is 2.63. The fourth-order valence-electron chi connectivity index (χ4n) is 2.63. The van der Waals surface area contributed by atoms with E-state index in [9.17, 15) is 9.90 Å². The smallest absolute Gasteiger partial charge is 0.284 e. The van der Waals surface area contributed by atoms with E-state index in [1.54, 1.807) is 17.0 Å². The molecule has 0 aliphatic heterocycles. The second-order valence-electron chi connectivity index (χ2n) is 5.32. The molecule has 0 radical (unpaired) electrons. The van der Waals surface area contributed by atoms with E-state index in [0.29, 0.717) is 5.39 Å². The first-order chi connectivity index (χ1) is 11.7. The topological polar surface area (TPSA) is 95.6 Å². The molecule has 0 saturated carbocycles. The van der Waals surface area contributed by atoms with Crippen LogP contribution in [0, 0.1) is 0 Å². The second-order valence-corrected chi connectivity index (χ2v) is 5.32. The molecule has 1 amide bonds. The number of amides is 1. The Morgan fingerprint density at radius 1 is 1.17 bits per heavy atom. The van der Waals surface area contributed by atoms with Gasteiger partial charge in [-0.15, -0.1) is 10.2 Å². The van der Waals surface area contributed by atoms with E-state index in [2.05, 4.69) is 20.2 Å². The third-order valence-corrected chi connectivity index (χ3v) is 3.75. The van der Waals surface area contributed by atoms with Crippen LogP contribution in [-0.2, 0) is 11.3 Å². The van der Waals surface area contributed by atoms with Crippen molar-refractivity contribution in [2.75, 3.05) is 0 Å². The van der Waals surface area contributed by atoms with Crippen LogP contribution in [0.3, 0.4) is 0 Å². The number of hydrogen-bond donors (Lipinski definition) is 2. The predicted molar refractivity (Wildman–Crippen MR) is 89.2 cm³/mol. The molecule has 7 heteroatoms. The number of carbonyl (C=O) groups excluding carboxylic acids is 1. The normalized spacial score (nSPS) is 11.7. The fraction of sp³-hybridized carbons (Fsp3) is 0.0588. The molecule has 0 atom stereocenters. The van der Waals surface area contributed by atoms with Gasteiger partial charge in [-0.3, -0.25) is 4.79 Å². The summed E-state index contributed by atoms with van der Waals surface area (Å²) < 4.78 is 1.71. The van der Waals surface area contributed by atoms with Crippen LogP contribution in [-0.4, -0.2) is 25.5 Å². The Morgan fingerprint density at radius 3 is 2.88 bits per heavy atom. The number of aromatic amines is 1. The lowest BCUT2D eigenvalue weighted by molar-refractivity contribution is -0.118. The average Bonchev–Trinajstić information content (AvgIpc) is 3.14. The van der Waals surface area contributed by atoms with Gasteiger partial charge in [-0.25, -0.2) is 4.98 Å². The Bertz CT molecular complexity index is 1080. The second kappa shape index (κ2) is 5.62. The number of para-hydroxylation sites is 3. The molecule has 0 bridgehead atoms. The van der Waals surface area contributed by atoms with Gasteiger partial charge in [-0.2, -0.15) is 0 Å². The Kier molecular flexibility index (Phi) is 3.31. The SMILES string of the molecule is O=C(Cn1cnc2ccccc21)N=Nc1c(O)[nH]c2ccccc12. The zero-order valence-corrected chi connectivity index (χ0v) is 12.5. The molecule has 0 spiro atoms. The van der Waals surface area contributed by atoms with Crippen LogP contribution >= 0.6 is 0 Å². The summed E-state index contributed by atoms with van der Waals surface area (Å²) in [5.74, 6) is -0.538. The van der Waals surface area contributed by atoms with Crippen molar-refractivity contribution in [2.24, 2.45) is 10.2 Å². The molecule has 0 unspecified atom stereocenters. The molecule has 0 fully saturated rings. The van der Waals surface area contributed by atoms with Crippen molar-refractivity contribution in [3.63, 3.8) is 0 Å². The van der Waals surface area contributed by atoms with Gasteiger partial charge in [0.15, 0.2) is 5.69 Å². The summed E-state index contributed by atoms with van der Waals surface area (Å²) in [5.41, 5.74) is 2.67. The zero-order chi connectivity index (χ0) is 16.5. The summed E-state index contributed by atoms with van der Waals surface area (Å²) in [6, 6.07) is 14.8. The summed E-state index contributed by atoms with van der Waals surface area (Å²) >= 11 is 0. The standard InChI is InChI=1S/C17H13N5O2/c23-15(9-22-10-18-13-7-3-4-8-14(13)22)20-21-16-11-5-1-2-6-12(11)19-17(16)24/h1-8,10,19,24H,9H2. The highest BCUT2D eigenvalue weighted by Gasteiger charge is 2.11. The molecule has 118 valence electrons. The van der Waals surface area contributed by atoms with E-state index in [4.69, 9.17) is 0 Å². The van der Waals surface area contributed by atoms with Crippen LogP contribution in [0.25, 0.3) is 21.9 Å². The lowest BCUT2D eigenvalue weighted by atomic mass is 10.2. The summed E-state index contributed by atoms with van der Waals surface area (Å²) in [7, 11) is 0. The molecule has 7 nitrogen and oxygen atoms in total. The number of azo groups is 1. The Balaban J connectivity index is 1.59. The van der Waals surface area contributed by atoms with E-state index in [-0.39, 0.29) is 18.1 Å². The van der Waals surface area contributed by atoms with Crippen molar-refractivity contribution < 1.29 is 9.90 Å². The van der Waals surface area contributed by atoms with Gasteiger partial charge in [-0.05, 0) is 18.2 Å². The lowest BCUT2D eigenvalue weighted by Crippen LogP contribution is -2.05. The van der Waals surface area contributed by atoms with Crippen molar-refractivity contribution in [3.05, 3.63) is 54.9 Å². The first kappa shape index (κ1) is 14.1. The number of imidazole rings is 1. The Labute approximate surface area is 136 Å². The highest BCUT2D eigenvalue weighted by Crippen LogP contribution is 2.35. The van der Waals surface area contributed by atoms with Crippen molar-refractivity contribution in [3.8, 4) is 5.88 Å². The first-order valence-electron chi connectivity index (χ1n) is 7.36. The highest BCUT2D eigenvalue weighted by molar-refractivity contribution is 5.94. The van der Waals surface area contributed by atoms with Crippen LogP contribution in [0.4, 0.5) is 5.69 Å². The van der Waals surface area contributed by atoms with Gasteiger partial charge >= 0.3 is 0 Å². The summed E-state index contributed by atoms with van der Waals surface area (Å²) in [6.07, 6.45) is 1.60. The molecule has 4 aromatic rings. The molecule has 2 heterocycles. The third-order valence-electron chi connectivity index (χ3n) is 3.75. The van der Waals surface area contributed by atoms with Gasteiger partial charge in [0.25, 0.3) is 5.91 Å². The number of fused-ring (bicyclic) bond motifs is 2. The van der Waals surface area contributed by atoms with Crippen LogP contribution in [0.15, 0.2) is 65.1 Å². The molecular weight excluding hydrogens is 306 g/mol. The molecule has 0 aliphatic carbocycles. The van der Waals surface area contributed by atoms with E-state index in [1.807, 2.05) is 42.5 Å². The number of aromatic hydroxyl groups is 1. The average molecular weight is 319 g/mol. The Hall–Kier alpha value is -3.48. The van der Waals surface area contributed by atoms with Gasteiger partial charge in [0.1, 0.15) is 6.54 Å². The van der Waals surface area contributed by atoms with Crippen molar-refractivity contribution in [1.82, 2.24) is 14.5 Å². The number of benzene rings is 2. The van der Waals surface area contributed by atoms with Crippen LogP contribution in [0.2, 0.25) is 0 Å². The summed E-state index contributed by atoms with van der Waals surface area (Å²) in [6.45, 7) is 0.0349. The van der Waals surface area contributed by atoms with E-state index in [1.165, 1.54) is 0 Å². The summed E-state index contributed by atoms with van der Waals surface area (Å²) in [4.78, 5) is 19.1. The lowest BCUT2D eigenvalue weighted by Gasteiger charge is -1.99. The Morgan fingerprint density at radius 2 is 1.96 bits per heavy atom. The minimum atomic E-state index is -0.428. The van der Waals surface area contributed by atoms with Gasteiger partial charge < -0.3 is 14.7 Å². The molecule has 2 aromatic heterocycles. The minimum Gasteiger partial charge on any atom is -0.493 e. The molecule has 2 N–H and O–H groups in total. The predicted octanol–water partition coefficient (Wildman–Crippen LogP) is 3.53. The summed E-state index contributed by atoms with van der Waals surface area (Å²) in [5, 5.41) is 18.2. The monoisotopic (exact) mass is 319 g/mol. The number of aromatic nitrogens is 3. The molecule has 0 aliphatic rings. The van der Waals surface area contributed by atoms with Crippen LogP contribution < -0.4 is 0 Å². The number of carbonyl (C=O) groups is 1. The quantitative estimate of drug-likeness (QED) is 0.565. The van der Waals surface area contributed by atoms with Crippen LogP contribution in [0.5, 0.6) is 5.88 Å². The van der Waals surface area contributed by atoms with Gasteiger partial charge in [0.05, 0.1) is 22.9 Å². The number of hydrogen-bond acceptors (Lipinski definition) is 4. The van der Waals surface area contributed by atoms with Crippen molar-refractivity contribution in [1.29, 1.82) is 0 Å². The molecule has 2 aromatic carbocycles. The van der Waals surface area contributed by atoms with E-state index < -0.39 is 5.91 Å². The maximum atomic E-state index is 12.1. The van der Waals surface area contributed by atoms with Gasteiger partial charge in [0.2, 0.25) is 5.88 Å². The zero-order valence-electron chi connectivity index (χ0n) is 12.5. The molecule has 24 heavy (non-hydrogen) atoms. The van der Waals surface area contributed by atoms with Gasteiger partial charge in [0, 0.05) is 5.39 Å². The van der Waals surface area contributed by atoms with Crippen molar-refractivity contribution >= 4 is 33.5 Å². The molecule has 0 saturated heterocycles. The molecular formula is C17H13N5O2. The van der Waals surface area contributed by atoms with E-state index in [0.717, 1.165) is 16.6 Å². The largest absolute Gasteiger partial charge is 0.493 e. The first-order valence-corrected chi connectivity index (χ1v) is 7.36. The van der Waals surface area contributed by atoms with Crippen LogP contribution in [0.1, 0.15) is 0 Å². The minimum absolute atomic E-state index is 0.0349. The van der Waals surface area contributed by atoms with Gasteiger partial charge in [-0.1, -0.05) is 30.3 Å². The maximum absolute atomic E-state index is 12.1. The number of H-pyrrole nitrogens is 1. The third kappa shape index (κ3) is 2.41. The number of nitrogens with zero attached hydrogens (tertiary/aromatic N) is 4. The van der Waals surface area contributed by atoms with E-state index >= 15 is 0 Å². The number of nitrogens with one attached hydrogen (secondary N) is 1. The molecule has 4 rings (SSSR count).